The Kier molecular flexibility index (Phi) is 1.21. The standard InChI is InChI=1S/C5H9NO2/c1-6-3-4(6)5(7)8-2/h4H,3H2,1-2H3. The zero-order valence-electron chi connectivity index (χ0n) is 5.05. The van der Waals surface area contributed by atoms with E-state index >= 15 is 0 Å². The molecule has 0 aliphatic carbocycles. The van der Waals surface area contributed by atoms with Gasteiger partial charge in [-0.15, -0.1) is 0 Å². The number of ether oxygens (including phenoxy) is 1. The first-order valence-corrected chi connectivity index (χ1v) is 2.54. The molecule has 0 aromatic rings. The number of carbonyl (C=O) groups is 1. The van der Waals surface area contributed by atoms with E-state index in [9.17, 15) is 4.79 Å². The minimum Gasteiger partial charge on any atom is -0.468 e. The van der Waals surface area contributed by atoms with Gasteiger partial charge < -0.3 is 4.74 Å². The van der Waals surface area contributed by atoms with Crippen LogP contribution in [0.2, 0.25) is 0 Å². The van der Waals surface area contributed by atoms with Crippen molar-refractivity contribution in [3.8, 4) is 0 Å². The van der Waals surface area contributed by atoms with Crippen LogP contribution >= 0.6 is 0 Å². The van der Waals surface area contributed by atoms with Gasteiger partial charge in [0.2, 0.25) is 0 Å². The summed E-state index contributed by atoms with van der Waals surface area (Å²) in [6.07, 6.45) is 0. The highest BCUT2D eigenvalue weighted by Gasteiger charge is 2.37. The SMILES string of the molecule is COC(=O)C1CN1C. The lowest BCUT2D eigenvalue weighted by molar-refractivity contribution is -0.140. The fourth-order valence-electron chi connectivity index (χ4n) is 0.616. The maximum absolute atomic E-state index is 10.5. The maximum Gasteiger partial charge on any atom is 0.324 e. The van der Waals surface area contributed by atoms with Crippen molar-refractivity contribution in [3.05, 3.63) is 0 Å². The molecule has 0 aromatic heterocycles. The first kappa shape index (κ1) is 5.56. The molecule has 0 radical (unpaired) electrons. The topological polar surface area (TPSA) is 29.3 Å². The largest absolute Gasteiger partial charge is 0.468 e. The molecular formula is C5H9NO2. The molecule has 1 saturated heterocycles. The number of hydrogen-bond donors (Lipinski definition) is 0. The predicted molar refractivity (Wildman–Crippen MR) is 28.4 cm³/mol. The summed E-state index contributed by atoms with van der Waals surface area (Å²) in [5.41, 5.74) is 0. The molecule has 0 N–H and O–H groups in total. The van der Waals surface area contributed by atoms with Crippen LogP contribution in [0.25, 0.3) is 0 Å². The third kappa shape index (κ3) is 0.816. The maximum atomic E-state index is 10.5. The lowest BCUT2D eigenvalue weighted by atomic mass is 10.5. The molecule has 0 bridgehead atoms. The van der Waals surface area contributed by atoms with Gasteiger partial charge in [-0.3, -0.25) is 9.69 Å². The average molecular weight is 115 g/mol. The zero-order chi connectivity index (χ0) is 6.15. The molecular weight excluding hydrogens is 106 g/mol. The van der Waals surface area contributed by atoms with E-state index in [1.54, 1.807) is 0 Å². The average Bonchev–Trinajstić information content (AvgIpc) is 2.45. The quantitative estimate of drug-likeness (QED) is 0.340. The van der Waals surface area contributed by atoms with Crippen LogP contribution in [-0.4, -0.2) is 37.6 Å². The summed E-state index contributed by atoms with van der Waals surface area (Å²) in [6.45, 7) is 0.854. The van der Waals surface area contributed by atoms with Gasteiger partial charge in [0.1, 0.15) is 6.04 Å². The molecule has 8 heavy (non-hydrogen) atoms. The lowest BCUT2D eigenvalue weighted by Gasteiger charge is -1.92. The molecule has 46 valence electrons. The summed E-state index contributed by atoms with van der Waals surface area (Å²) in [7, 11) is 3.30. The molecule has 1 heterocycles. The molecule has 0 saturated carbocycles. The van der Waals surface area contributed by atoms with Gasteiger partial charge >= 0.3 is 5.97 Å². The van der Waals surface area contributed by atoms with Crippen LogP contribution in [-0.2, 0) is 9.53 Å². The van der Waals surface area contributed by atoms with Gasteiger partial charge in [-0.2, -0.15) is 0 Å². The van der Waals surface area contributed by atoms with E-state index in [0.717, 1.165) is 6.54 Å². The van der Waals surface area contributed by atoms with Gasteiger partial charge in [0.15, 0.2) is 0 Å². The Morgan fingerprint density at radius 2 is 2.38 bits per heavy atom. The van der Waals surface area contributed by atoms with E-state index in [4.69, 9.17) is 0 Å². The van der Waals surface area contributed by atoms with Crippen molar-refractivity contribution in [1.82, 2.24) is 4.90 Å². The van der Waals surface area contributed by atoms with Crippen LogP contribution in [0.15, 0.2) is 0 Å². The summed E-state index contributed by atoms with van der Waals surface area (Å²) in [6, 6.07) is 0.0556. The number of methoxy groups -OCH3 is 1. The fourth-order valence-corrected chi connectivity index (χ4v) is 0.616. The van der Waals surface area contributed by atoms with E-state index in [2.05, 4.69) is 4.74 Å². The van der Waals surface area contributed by atoms with Gasteiger partial charge in [-0.1, -0.05) is 0 Å². The molecule has 0 amide bonds. The summed E-state index contributed by atoms with van der Waals surface area (Å²) < 4.78 is 4.46. The van der Waals surface area contributed by atoms with Crippen molar-refractivity contribution >= 4 is 5.97 Å². The molecule has 0 aromatic carbocycles. The third-order valence-corrected chi connectivity index (χ3v) is 1.33. The highest BCUT2D eigenvalue weighted by atomic mass is 16.5. The Morgan fingerprint density at radius 3 is 2.50 bits per heavy atom. The molecule has 3 heteroatoms. The summed E-state index contributed by atoms with van der Waals surface area (Å²) >= 11 is 0. The third-order valence-electron chi connectivity index (χ3n) is 1.33. The minimum absolute atomic E-state index is 0.0556. The Bertz CT molecular complexity index is 113. The molecule has 1 aliphatic heterocycles. The first-order valence-electron chi connectivity index (χ1n) is 2.54. The smallest absolute Gasteiger partial charge is 0.324 e. The van der Waals surface area contributed by atoms with Crippen molar-refractivity contribution < 1.29 is 9.53 Å². The number of rotatable bonds is 1. The van der Waals surface area contributed by atoms with Gasteiger partial charge in [0.05, 0.1) is 7.11 Å². The number of nitrogens with zero attached hydrogens (tertiary/aromatic N) is 1. The van der Waals surface area contributed by atoms with Crippen LogP contribution in [0.4, 0.5) is 0 Å². The van der Waals surface area contributed by atoms with Crippen LogP contribution in [0.5, 0.6) is 0 Å². The monoisotopic (exact) mass is 115 g/mol. The molecule has 1 rings (SSSR count). The van der Waals surface area contributed by atoms with E-state index in [1.807, 2.05) is 11.9 Å². The fraction of sp³-hybridized carbons (Fsp3) is 0.800. The molecule has 3 nitrogen and oxygen atoms in total. The molecule has 0 spiro atoms. The molecule has 2 unspecified atom stereocenters. The van der Waals surface area contributed by atoms with Crippen molar-refractivity contribution in [2.24, 2.45) is 0 Å². The first-order chi connectivity index (χ1) is 3.75. The lowest BCUT2D eigenvalue weighted by Crippen LogP contribution is -2.11. The highest BCUT2D eigenvalue weighted by Crippen LogP contribution is 2.13. The minimum atomic E-state index is -0.118. The van der Waals surface area contributed by atoms with Crippen molar-refractivity contribution in [1.29, 1.82) is 0 Å². The van der Waals surface area contributed by atoms with Crippen molar-refractivity contribution in [3.63, 3.8) is 0 Å². The second-order valence-electron chi connectivity index (χ2n) is 1.98. The number of carbonyl (C=O) groups excluding carboxylic acids is 1. The normalized spacial score (nSPS) is 34.2. The van der Waals surface area contributed by atoms with E-state index in [0.29, 0.717) is 0 Å². The van der Waals surface area contributed by atoms with Crippen LogP contribution in [0.3, 0.4) is 0 Å². The van der Waals surface area contributed by atoms with Crippen molar-refractivity contribution in [2.75, 3.05) is 20.7 Å². The van der Waals surface area contributed by atoms with Crippen LogP contribution in [0.1, 0.15) is 0 Å². The molecule has 1 fully saturated rings. The number of esters is 1. The highest BCUT2D eigenvalue weighted by molar-refractivity contribution is 5.78. The predicted octanol–water partition coefficient (Wildman–Crippen LogP) is -0.527. The molecule has 1 aliphatic rings. The van der Waals surface area contributed by atoms with Gasteiger partial charge in [-0.25, -0.2) is 0 Å². The Labute approximate surface area is 48.2 Å². The van der Waals surface area contributed by atoms with E-state index < -0.39 is 0 Å². The summed E-state index contributed by atoms with van der Waals surface area (Å²) in [5, 5.41) is 0. The van der Waals surface area contributed by atoms with Gasteiger partial charge in [0.25, 0.3) is 0 Å². The number of hydrogen-bond acceptors (Lipinski definition) is 3. The van der Waals surface area contributed by atoms with Crippen LogP contribution in [0, 0.1) is 0 Å². The summed E-state index contributed by atoms with van der Waals surface area (Å²) in [4.78, 5) is 12.4. The van der Waals surface area contributed by atoms with E-state index in [1.165, 1.54) is 7.11 Å². The second kappa shape index (κ2) is 1.74. The Hall–Kier alpha value is -0.570. The second-order valence-corrected chi connectivity index (χ2v) is 1.98. The van der Waals surface area contributed by atoms with Crippen LogP contribution < -0.4 is 0 Å². The summed E-state index contributed by atoms with van der Waals surface area (Å²) in [5.74, 6) is -0.118. The zero-order valence-corrected chi connectivity index (χ0v) is 5.05. The Morgan fingerprint density at radius 1 is 1.88 bits per heavy atom. The molecule has 2 atom stereocenters. The number of likely N-dealkylation sites (N-methyl/N-ethyl adjacent to an activating group) is 1. The Balaban J connectivity index is 2.28. The van der Waals surface area contributed by atoms with E-state index in [-0.39, 0.29) is 12.0 Å². The van der Waals surface area contributed by atoms with Gasteiger partial charge in [-0.05, 0) is 7.05 Å². The van der Waals surface area contributed by atoms with Crippen molar-refractivity contribution in [2.45, 2.75) is 6.04 Å². The van der Waals surface area contributed by atoms with Gasteiger partial charge in [0, 0.05) is 6.54 Å².